The molecule has 0 radical (unpaired) electrons. The molecule has 2 aromatic carbocycles. The van der Waals surface area contributed by atoms with E-state index in [1.807, 2.05) is 43.1 Å². The number of fused-ring (bicyclic) bond motifs is 1. The van der Waals surface area contributed by atoms with E-state index in [-0.39, 0.29) is 18.2 Å². The van der Waals surface area contributed by atoms with Gasteiger partial charge in [-0.1, -0.05) is 29.8 Å². The number of aliphatic hydroxyl groups is 2. The van der Waals surface area contributed by atoms with Crippen molar-refractivity contribution in [2.75, 3.05) is 11.9 Å². The summed E-state index contributed by atoms with van der Waals surface area (Å²) in [6, 6.07) is 12.6. The number of hydrogen-bond donors (Lipinski definition) is 3. The van der Waals surface area contributed by atoms with Gasteiger partial charge in [-0.3, -0.25) is 9.78 Å². The fourth-order valence-electron chi connectivity index (χ4n) is 4.19. The number of carboxylic acid groups (broad SMARTS) is 1. The highest BCUT2D eigenvalue weighted by Crippen LogP contribution is 2.46. The van der Waals surface area contributed by atoms with Crippen molar-refractivity contribution in [3.8, 4) is 0 Å². The number of carboxylic acids is 1. The van der Waals surface area contributed by atoms with E-state index in [1.165, 1.54) is 12.1 Å². The standard InChI is InChI=1S/C27H29FN2O4/c1-16-3-8-19(9-4-16)30(2)27-22(11-10-20(31)14-21(32)15-25(33)34)26(17-5-6-17)29-24-12-7-18(28)13-23(24)27/h3-4,7-13,17,20-21,31-32H,5-6,14-15H2,1-2H3,(H,33,34)/b11-10+/t20-,21-/m1/s1. The SMILES string of the molecule is Cc1ccc(N(C)c2c(/C=C/[C@@H](O)C[C@@H](O)CC(=O)O)c(C3CC3)nc3ccc(F)cc23)cc1. The predicted molar refractivity (Wildman–Crippen MR) is 131 cm³/mol. The van der Waals surface area contributed by atoms with Crippen LogP contribution in [0.4, 0.5) is 15.8 Å². The van der Waals surface area contributed by atoms with Gasteiger partial charge in [0.15, 0.2) is 0 Å². The van der Waals surface area contributed by atoms with Gasteiger partial charge in [0.2, 0.25) is 0 Å². The number of benzene rings is 2. The Labute approximate surface area is 198 Å². The molecular formula is C27H29FN2O4. The Morgan fingerprint density at radius 2 is 1.91 bits per heavy atom. The van der Waals surface area contributed by atoms with E-state index in [1.54, 1.807) is 18.2 Å². The molecule has 1 aromatic heterocycles. The maximum Gasteiger partial charge on any atom is 0.305 e. The monoisotopic (exact) mass is 464 g/mol. The second-order valence-corrected chi connectivity index (χ2v) is 9.00. The van der Waals surface area contributed by atoms with Crippen LogP contribution in [0.2, 0.25) is 0 Å². The topological polar surface area (TPSA) is 93.9 Å². The first kappa shape index (κ1) is 23.9. The molecule has 2 atom stereocenters. The first-order valence-corrected chi connectivity index (χ1v) is 11.4. The van der Waals surface area contributed by atoms with Crippen LogP contribution in [-0.4, -0.2) is 45.5 Å². The molecule has 178 valence electrons. The highest BCUT2D eigenvalue weighted by molar-refractivity contribution is 5.99. The average Bonchev–Trinajstić information content (AvgIpc) is 3.61. The van der Waals surface area contributed by atoms with Crippen molar-refractivity contribution in [2.24, 2.45) is 0 Å². The van der Waals surface area contributed by atoms with Gasteiger partial charge in [-0.15, -0.1) is 0 Å². The molecule has 3 N–H and O–H groups in total. The maximum absolute atomic E-state index is 14.3. The van der Waals surface area contributed by atoms with Crippen LogP contribution in [0.5, 0.6) is 0 Å². The molecule has 0 bridgehead atoms. The van der Waals surface area contributed by atoms with Gasteiger partial charge in [0.25, 0.3) is 0 Å². The molecule has 4 rings (SSSR count). The predicted octanol–water partition coefficient (Wildman–Crippen LogP) is 4.93. The summed E-state index contributed by atoms with van der Waals surface area (Å²) in [5.41, 5.74) is 5.22. The van der Waals surface area contributed by atoms with Crippen molar-refractivity contribution in [3.63, 3.8) is 0 Å². The number of aryl methyl sites for hydroxylation is 1. The third-order valence-corrected chi connectivity index (χ3v) is 6.12. The first-order chi connectivity index (χ1) is 16.2. The van der Waals surface area contributed by atoms with E-state index < -0.39 is 24.6 Å². The molecule has 0 aliphatic heterocycles. The third-order valence-electron chi connectivity index (χ3n) is 6.12. The van der Waals surface area contributed by atoms with Crippen molar-refractivity contribution < 1.29 is 24.5 Å². The zero-order valence-electron chi connectivity index (χ0n) is 19.3. The molecule has 1 aliphatic carbocycles. The number of aliphatic hydroxyl groups excluding tert-OH is 2. The smallest absolute Gasteiger partial charge is 0.305 e. The quantitative estimate of drug-likeness (QED) is 0.416. The van der Waals surface area contributed by atoms with Gasteiger partial charge in [-0.25, -0.2) is 4.39 Å². The molecular weight excluding hydrogens is 435 g/mol. The Hall–Kier alpha value is -3.29. The van der Waals surface area contributed by atoms with Crippen LogP contribution in [0.1, 0.15) is 48.4 Å². The number of rotatable bonds is 9. The number of pyridine rings is 1. The molecule has 1 heterocycles. The number of nitrogens with zero attached hydrogens (tertiary/aromatic N) is 2. The van der Waals surface area contributed by atoms with Crippen LogP contribution < -0.4 is 4.90 Å². The minimum absolute atomic E-state index is 0.0969. The van der Waals surface area contributed by atoms with Crippen molar-refractivity contribution in [2.45, 2.75) is 50.7 Å². The molecule has 0 saturated heterocycles. The minimum atomic E-state index is -1.15. The van der Waals surface area contributed by atoms with Crippen molar-refractivity contribution in [1.29, 1.82) is 0 Å². The fraction of sp³-hybridized carbons (Fsp3) is 0.333. The summed E-state index contributed by atoms with van der Waals surface area (Å²) in [5, 5.41) is 29.8. The summed E-state index contributed by atoms with van der Waals surface area (Å²) < 4.78 is 14.3. The summed E-state index contributed by atoms with van der Waals surface area (Å²) >= 11 is 0. The van der Waals surface area contributed by atoms with Crippen molar-refractivity contribution in [3.05, 3.63) is 71.2 Å². The molecule has 7 heteroatoms. The van der Waals surface area contributed by atoms with E-state index in [9.17, 15) is 19.4 Å². The second-order valence-electron chi connectivity index (χ2n) is 9.00. The van der Waals surface area contributed by atoms with Crippen molar-refractivity contribution in [1.82, 2.24) is 4.98 Å². The lowest BCUT2D eigenvalue weighted by molar-refractivity contribution is -0.139. The van der Waals surface area contributed by atoms with E-state index >= 15 is 0 Å². The van der Waals surface area contributed by atoms with Gasteiger partial charge in [0, 0.05) is 36.0 Å². The van der Waals surface area contributed by atoms with Gasteiger partial charge in [0.05, 0.1) is 35.5 Å². The van der Waals surface area contributed by atoms with Gasteiger partial charge >= 0.3 is 5.97 Å². The third kappa shape index (κ3) is 5.43. The Morgan fingerprint density at radius 1 is 1.21 bits per heavy atom. The van der Waals surface area contributed by atoms with Crippen molar-refractivity contribution >= 4 is 34.3 Å². The molecule has 6 nitrogen and oxygen atoms in total. The molecule has 34 heavy (non-hydrogen) atoms. The van der Waals surface area contributed by atoms with E-state index in [0.29, 0.717) is 10.9 Å². The number of carbonyl (C=O) groups is 1. The Kier molecular flexibility index (Phi) is 6.95. The molecule has 1 fully saturated rings. The zero-order valence-corrected chi connectivity index (χ0v) is 19.3. The highest BCUT2D eigenvalue weighted by Gasteiger charge is 2.30. The molecule has 1 saturated carbocycles. The fourth-order valence-corrected chi connectivity index (χ4v) is 4.19. The molecule has 0 amide bonds. The second kappa shape index (κ2) is 9.91. The van der Waals surface area contributed by atoms with Gasteiger partial charge in [0.1, 0.15) is 5.82 Å². The van der Waals surface area contributed by atoms with Gasteiger partial charge in [-0.2, -0.15) is 0 Å². The minimum Gasteiger partial charge on any atom is -0.481 e. The molecule has 3 aromatic rings. The lowest BCUT2D eigenvalue weighted by atomic mass is 9.99. The lowest BCUT2D eigenvalue weighted by Crippen LogP contribution is -2.19. The van der Waals surface area contributed by atoms with Crippen LogP contribution in [-0.2, 0) is 4.79 Å². The largest absolute Gasteiger partial charge is 0.481 e. The molecule has 0 spiro atoms. The van der Waals surface area contributed by atoms with Gasteiger partial charge in [-0.05, 0) is 50.1 Å². The molecule has 1 aliphatic rings. The zero-order chi connectivity index (χ0) is 24.4. The lowest BCUT2D eigenvalue weighted by Gasteiger charge is -2.25. The van der Waals surface area contributed by atoms with Crippen LogP contribution in [0.3, 0.4) is 0 Å². The normalized spacial score (nSPS) is 15.6. The summed E-state index contributed by atoms with van der Waals surface area (Å²) in [4.78, 5) is 17.7. The van der Waals surface area contributed by atoms with Gasteiger partial charge < -0.3 is 20.2 Å². The van der Waals surface area contributed by atoms with E-state index in [0.717, 1.165) is 41.0 Å². The Balaban J connectivity index is 1.81. The highest BCUT2D eigenvalue weighted by atomic mass is 19.1. The summed E-state index contributed by atoms with van der Waals surface area (Å²) in [6.07, 6.45) is 2.61. The summed E-state index contributed by atoms with van der Waals surface area (Å²) in [6.45, 7) is 2.01. The summed E-state index contributed by atoms with van der Waals surface area (Å²) in [7, 11) is 1.92. The van der Waals surface area contributed by atoms with E-state index in [2.05, 4.69) is 0 Å². The summed E-state index contributed by atoms with van der Waals surface area (Å²) in [5.74, 6) is -1.20. The number of anilines is 2. The molecule has 0 unspecified atom stereocenters. The Bertz CT molecular complexity index is 1220. The van der Waals surface area contributed by atoms with Crippen LogP contribution in [0.25, 0.3) is 17.0 Å². The van der Waals surface area contributed by atoms with Crippen LogP contribution in [0.15, 0.2) is 48.5 Å². The van der Waals surface area contributed by atoms with Crippen LogP contribution >= 0.6 is 0 Å². The number of hydrogen-bond acceptors (Lipinski definition) is 5. The van der Waals surface area contributed by atoms with E-state index in [4.69, 9.17) is 10.1 Å². The number of halogens is 1. The average molecular weight is 465 g/mol. The number of aromatic nitrogens is 1. The Morgan fingerprint density at radius 3 is 2.56 bits per heavy atom. The van der Waals surface area contributed by atoms with Crippen LogP contribution in [0, 0.1) is 12.7 Å². The maximum atomic E-state index is 14.3. The first-order valence-electron chi connectivity index (χ1n) is 11.4. The number of aliphatic carboxylic acids is 1.